The fourth-order valence-electron chi connectivity index (χ4n) is 5.23. The van der Waals surface area contributed by atoms with E-state index in [1.165, 1.54) is 40.7 Å². The summed E-state index contributed by atoms with van der Waals surface area (Å²) in [4.78, 5) is 17.7. The summed E-state index contributed by atoms with van der Waals surface area (Å²) >= 11 is 6.43. The molecule has 0 atom stereocenters. The largest absolute Gasteiger partial charge is 0.306 e. The van der Waals surface area contributed by atoms with Crippen molar-refractivity contribution in [1.29, 1.82) is 0 Å². The zero-order chi connectivity index (χ0) is 23.4. The Morgan fingerprint density at radius 3 is 2.85 bits per heavy atom. The number of imidazole rings is 1. The number of pyridine rings is 1. The monoisotopic (exact) mass is 470 g/mol. The van der Waals surface area contributed by atoms with Crippen LogP contribution in [0.1, 0.15) is 74.6 Å². The van der Waals surface area contributed by atoms with Crippen LogP contribution < -0.4 is 0 Å². The molecule has 6 heteroatoms. The van der Waals surface area contributed by atoms with Gasteiger partial charge in [-0.2, -0.15) is 5.10 Å². The smallest absolute Gasteiger partial charge is 0.166 e. The highest BCUT2D eigenvalue weighted by atomic mass is 35.5. The van der Waals surface area contributed by atoms with E-state index in [-0.39, 0.29) is 5.78 Å². The highest BCUT2D eigenvalue weighted by Gasteiger charge is 2.24. The molecule has 5 nitrogen and oxygen atoms in total. The van der Waals surface area contributed by atoms with E-state index in [0.717, 1.165) is 28.4 Å². The van der Waals surface area contributed by atoms with Gasteiger partial charge in [-0.05, 0) is 84.9 Å². The van der Waals surface area contributed by atoms with E-state index in [2.05, 4.69) is 60.0 Å². The molecule has 0 bridgehead atoms. The molecule has 0 unspecified atom stereocenters. The van der Waals surface area contributed by atoms with E-state index in [1.807, 2.05) is 6.20 Å². The summed E-state index contributed by atoms with van der Waals surface area (Å²) in [6.45, 7) is 4.79. The SMILES string of the molecule is Cc1cc2c(c(C)c1CCC(=O)c1cnn(Cc3cn4cc(C5CC5)ccc4n3)c1)C(Cl)=CC2. The van der Waals surface area contributed by atoms with Crippen LogP contribution in [-0.2, 0) is 19.4 Å². The van der Waals surface area contributed by atoms with Crippen LogP contribution in [0.3, 0.4) is 0 Å². The van der Waals surface area contributed by atoms with Crippen molar-refractivity contribution in [3.63, 3.8) is 0 Å². The molecule has 0 radical (unpaired) electrons. The minimum atomic E-state index is 0.108. The van der Waals surface area contributed by atoms with E-state index in [1.54, 1.807) is 10.9 Å². The highest BCUT2D eigenvalue weighted by molar-refractivity contribution is 6.49. The van der Waals surface area contributed by atoms with Crippen LogP contribution in [0, 0.1) is 13.8 Å². The number of halogens is 1. The Morgan fingerprint density at radius 1 is 1.18 bits per heavy atom. The van der Waals surface area contributed by atoms with Crippen molar-refractivity contribution in [3.05, 3.63) is 93.7 Å². The second-order valence-electron chi connectivity index (χ2n) is 9.67. The number of benzene rings is 1. The van der Waals surface area contributed by atoms with Crippen LogP contribution in [-0.4, -0.2) is 24.9 Å². The molecule has 1 fully saturated rings. The minimum absolute atomic E-state index is 0.108. The van der Waals surface area contributed by atoms with Gasteiger partial charge in [0.05, 0.1) is 24.0 Å². The first-order chi connectivity index (χ1) is 16.5. The van der Waals surface area contributed by atoms with Gasteiger partial charge in [-0.15, -0.1) is 0 Å². The number of ketones is 1. The lowest BCUT2D eigenvalue weighted by Crippen LogP contribution is -2.05. The van der Waals surface area contributed by atoms with Crippen molar-refractivity contribution < 1.29 is 4.79 Å². The lowest BCUT2D eigenvalue weighted by atomic mass is 9.91. The maximum absolute atomic E-state index is 12.9. The van der Waals surface area contributed by atoms with Gasteiger partial charge in [-0.3, -0.25) is 9.48 Å². The second kappa shape index (κ2) is 8.24. The van der Waals surface area contributed by atoms with Crippen LogP contribution >= 0.6 is 11.6 Å². The number of rotatable bonds is 7. The third kappa shape index (κ3) is 3.88. The summed E-state index contributed by atoms with van der Waals surface area (Å²) < 4.78 is 3.90. The molecule has 3 heterocycles. The Balaban J connectivity index is 1.14. The highest BCUT2D eigenvalue weighted by Crippen LogP contribution is 2.40. The van der Waals surface area contributed by atoms with Crippen LogP contribution in [0.2, 0.25) is 0 Å². The van der Waals surface area contributed by atoms with E-state index < -0.39 is 0 Å². The van der Waals surface area contributed by atoms with Crippen LogP contribution in [0.25, 0.3) is 10.7 Å². The molecule has 0 aliphatic heterocycles. The quantitative estimate of drug-likeness (QED) is 0.310. The number of carbonyl (C=O) groups is 1. The molecule has 0 amide bonds. The number of allylic oxidation sites excluding steroid dienone is 1. The van der Waals surface area contributed by atoms with Crippen molar-refractivity contribution in [2.45, 2.75) is 58.4 Å². The number of hydrogen-bond acceptors (Lipinski definition) is 3. The van der Waals surface area contributed by atoms with Crippen molar-refractivity contribution in [1.82, 2.24) is 19.2 Å². The molecule has 1 saturated carbocycles. The van der Waals surface area contributed by atoms with Gasteiger partial charge in [0, 0.05) is 30.0 Å². The zero-order valence-corrected chi connectivity index (χ0v) is 20.3. The van der Waals surface area contributed by atoms with Gasteiger partial charge in [0.15, 0.2) is 5.78 Å². The second-order valence-corrected chi connectivity index (χ2v) is 10.1. The van der Waals surface area contributed by atoms with Crippen molar-refractivity contribution in [2.24, 2.45) is 0 Å². The molecule has 3 aromatic heterocycles. The van der Waals surface area contributed by atoms with Crippen molar-refractivity contribution in [2.75, 3.05) is 0 Å². The molecular formula is C28H27ClN4O. The van der Waals surface area contributed by atoms with Crippen LogP contribution in [0.5, 0.6) is 0 Å². The maximum atomic E-state index is 12.9. The van der Waals surface area contributed by atoms with E-state index in [4.69, 9.17) is 16.6 Å². The Labute approximate surface area is 204 Å². The van der Waals surface area contributed by atoms with Gasteiger partial charge >= 0.3 is 0 Å². The van der Waals surface area contributed by atoms with Gasteiger partial charge in [0.1, 0.15) is 5.65 Å². The van der Waals surface area contributed by atoms with Gasteiger partial charge in [0.25, 0.3) is 0 Å². The summed E-state index contributed by atoms with van der Waals surface area (Å²) in [5.74, 6) is 0.823. The lowest BCUT2D eigenvalue weighted by Gasteiger charge is -2.15. The molecule has 0 saturated heterocycles. The molecule has 0 N–H and O–H groups in total. The van der Waals surface area contributed by atoms with Gasteiger partial charge in [-0.1, -0.05) is 29.8 Å². The number of aryl methyl sites for hydroxylation is 1. The van der Waals surface area contributed by atoms with E-state index in [9.17, 15) is 4.79 Å². The molecule has 4 aromatic rings. The molecule has 2 aliphatic rings. The Hall–Kier alpha value is -3.18. The van der Waals surface area contributed by atoms with Gasteiger partial charge < -0.3 is 4.40 Å². The van der Waals surface area contributed by atoms with Crippen LogP contribution in [0.4, 0.5) is 0 Å². The number of fused-ring (bicyclic) bond motifs is 2. The maximum Gasteiger partial charge on any atom is 0.166 e. The minimum Gasteiger partial charge on any atom is -0.306 e. The summed E-state index contributed by atoms with van der Waals surface area (Å²) in [7, 11) is 0. The van der Waals surface area contributed by atoms with Crippen molar-refractivity contribution in [3.8, 4) is 0 Å². The Kier molecular flexibility index (Phi) is 5.18. The molecular weight excluding hydrogens is 444 g/mol. The fraction of sp³-hybridized carbons (Fsp3) is 0.321. The molecule has 172 valence electrons. The van der Waals surface area contributed by atoms with Gasteiger partial charge in [-0.25, -0.2) is 4.98 Å². The molecule has 2 aliphatic carbocycles. The fourth-order valence-corrected chi connectivity index (χ4v) is 5.57. The Morgan fingerprint density at radius 2 is 2.03 bits per heavy atom. The first kappa shape index (κ1) is 21.4. The number of Topliss-reactive ketones (excluding diaryl/α,β-unsaturated/α-hetero) is 1. The number of hydrogen-bond donors (Lipinski definition) is 0. The molecule has 1 aromatic carbocycles. The van der Waals surface area contributed by atoms with Gasteiger partial charge in [0.2, 0.25) is 0 Å². The predicted octanol–water partition coefficient (Wildman–Crippen LogP) is 6.02. The number of carbonyl (C=O) groups excluding carboxylic acids is 1. The first-order valence-corrected chi connectivity index (χ1v) is 12.3. The van der Waals surface area contributed by atoms with Crippen molar-refractivity contribution >= 4 is 28.1 Å². The topological polar surface area (TPSA) is 52.2 Å². The molecule has 0 spiro atoms. The average molecular weight is 471 g/mol. The number of aromatic nitrogens is 4. The predicted molar refractivity (Wildman–Crippen MR) is 135 cm³/mol. The number of nitrogens with zero attached hydrogens (tertiary/aromatic N) is 4. The average Bonchev–Trinajstić information content (AvgIpc) is 3.25. The standard InChI is InChI=1S/C28H27ClN4O/c1-17-11-20-5-8-25(29)28(20)18(2)24(17)7-9-26(34)22-12-30-33(14-22)16-23-15-32-13-21(19-3-4-19)6-10-27(32)31-23/h6,8,10-15,19H,3-5,7,9,16H2,1-2H3. The summed E-state index contributed by atoms with van der Waals surface area (Å²) in [5, 5.41) is 5.26. The third-order valence-corrected chi connectivity index (χ3v) is 7.55. The van der Waals surface area contributed by atoms with Crippen LogP contribution in [0.15, 0.2) is 49.1 Å². The lowest BCUT2D eigenvalue weighted by molar-refractivity contribution is 0.0982. The Bertz CT molecular complexity index is 1470. The molecule has 34 heavy (non-hydrogen) atoms. The third-order valence-electron chi connectivity index (χ3n) is 7.21. The van der Waals surface area contributed by atoms with E-state index >= 15 is 0 Å². The van der Waals surface area contributed by atoms with E-state index in [0.29, 0.717) is 30.9 Å². The normalized spacial score (nSPS) is 15.1. The summed E-state index contributed by atoms with van der Waals surface area (Å²) in [6.07, 6.45) is 14.4. The summed E-state index contributed by atoms with van der Waals surface area (Å²) in [6, 6.07) is 6.48. The first-order valence-electron chi connectivity index (χ1n) is 12.0. The molecule has 6 rings (SSSR count). The zero-order valence-electron chi connectivity index (χ0n) is 19.5. The summed E-state index contributed by atoms with van der Waals surface area (Å²) in [5.41, 5.74) is 10.0.